The largest absolute Gasteiger partial charge is 2.00 e. The first-order chi connectivity index (χ1) is 2.00. The average Bonchev–Trinajstić information content (AvgIpc) is 1.50. The van der Waals surface area contributed by atoms with Gasteiger partial charge in [0.25, 0.3) is 0 Å². The molecule has 0 atom stereocenters. The van der Waals surface area contributed by atoms with E-state index in [9.17, 15) is 0 Å². The molecule has 0 nitrogen and oxygen atoms in total. The van der Waals surface area contributed by atoms with Crippen molar-refractivity contribution in [1.29, 1.82) is 0 Å². The molecule has 0 N–H and O–H groups in total. The summed E-state index contributed by atoms with van der Waals surface area (Å²) in [4.78, 5) is 0. The SMILES string of the molecule is CC.[Br-].[CH-]=C.[Mg+2]. The molecule has 0 rings (SSSR count). The van der Waals surface area contributed by atoms with E-state index in [1.54, 1.807) is 0 Å². The minimum absolute atomic E-state index is 0. The third-order valence-electron chi connectivity index (χ3n) is 0. The van der Waals surface area contributed by atoms with Crippen LogP contribution < -0.4 is 17.0 Å². The molecule has 0 radical (unpaired) electrons. The fraction of sp³-hybridized carbons (Fsp3) is 0.500. The Hall–Kier alpha value is 0.986. The predicted molar refractivity (Wildman–Crippen MR) is 27.0 cm³/mol. The van der Waals surface area contributed by atoms with Crippen molar-refractivity contribution in [2.75, 3.05) is 0 Å². The van der Waals surface area contributed by atoms with Gasteiger partial charge in [-0.15, -0.1) is 0 Å². The van der Waals surface area contributed by atoms with Crippen LogP contribution in [-0.4, -0.2) is 23.1 Å². The molecule has 0 aromatic rings. The van der Waals surface area contributed by atoms with E-state index in [2.05, 4.69) is 13.2 Å². The molecule has 0 amide bonds. The maximum Gasteiger partial charge on any atom is 2.00 e. The Kier molecular flexibility index (Phi) is 716. The Labute approximate surface area is 66.9 Å². The van der Waals surface area contributed by atoms with E-state index >= 15 is 0 Å². The first kappa shape index (κ1) is 28.1. The molecule has 0 aliphatic heterocycles. The molecule has 0 saturated heterocycles. The molecule has 0 aliphatic carbocycles. The summed E-state index contributed by atoms with van der Waals surface area (Å²) in [7, 11) is 0. The van der Waals surface area contributed by atoms with Gasteiger partial charge in [0.15, 0.2) is 0 Å². The summed E-state index contributed by atoms with van der Waals surface area (Å²) in [6.07, 6.45) is 0. The van der Waals surface area contributed by atoms with Crippen LogP contribution in [0.5, 0.6) is 0 Å². The Bertz CT molecular complexity index is 7.51. The molecule has 6 heavy (non-hydrogen) atoms. The Morgan fingerprint density at radius 1 is 1.17 bits per heavy atom. The molecule has 0 aromatic carbocycles. The minimum atomic E-state index is 0. The van der Waals surface area contributed by atoms with Gasteiger partial charge < -0.3 is 23.6 Å². The second-order valence-electron chi connectivity index (χ2n) is 0. The molecular formula is C4H9BrMg. The summed E-state index contributed by atoms with van der Waals surface area (Å²) >= 11 is 0. The Morgan fingerprint density at radius 2 is 1.17 bits per heavy atom. The van der Waals surface area contributed by atoms with E-state index in [0.29, 0.717) is 0 Å². The van der Waals surface area contributed by atoms with Gasteiger partial charge in [0.05, 0.1) is 0 Å². The van der Waals surface area contributed by atoms with Gasteiger partial charge in [-0.3, -0.25) is 6.58 Å². The molecular weight excluding hydrogens is 152 g/mol. The molecule has 0 aliphatic rings. The van der Waals surface area contributed by atoms with Crippen molar-refractivity contribution in [3.8, 4) is 0 Å². The van der Waals surface area contributed by atoms with E-state index in [1.165, 1.54) is 0 Å². The second kappa shape index (κ2) is 153. The van der Waals surface area contributed by atoms with Gasteiger partial charge in [-0.05, 0) is 0 Å². The molecule has 34 valence electrons. The fourth-order valence-electron chi connectivity index (χ4n) is 0. The zero-order chi connectivity index (χ0) is 4.00. The van der Waals surface area contributed by atoms with E-state index in [0.717, 1.165) is 0 Å². The van der Waals surface area contributed by atoms with Gasteiger partial charge in [-0.25, -0.2) is 0 Å². The van der Waals surface area contributed by atoms with Gasteiger partial charge in [-0.1, -0.05) is 13.8 Å². The quantitative estimate of drug-likeness (QED) is 0.292. The maximum atomic E-state index is 4.25. The Morgan fingerprint density at radius 3 is 1.17 bits per heavy atom. The number of rotatable bonds is 0. The van der Waals surface area contributed by atoms with Crippen LogP contribution in [0, 0.1) is 6.58 Å². The standard InChI is InChI=1S/C2H6.C2H3.BrH.Mg/c2*1-2;;/h1-2H3;1H,2H2;1H;/q;-1;;+2/p-1. The van der Waals surface area contributed by atoms with Crippen LogP contribution in [0.4, 0.5) is 0 Å². The summed E-state index contributed by atoms with van der Waals surface area (Å²) in [5, 5.41) is 0. The van der Waals surface area contributed by atoms with Crippen molar-refractivity contribution in [3.05, 3.63) is 13.2 Å². The summed E-state index contributed by atoms with van der Waals surface area (Å²) < 4.78 is 0. The zero-order valence-electron chi connectivity index (χ0n) is 4.37. The van der Waals surface area contributed by atoms with Gasteiger partial charge >= 0.3 is 23.1 Å². The second-order valence-corrected chi connectivity index (χ2v) is 0. The molecule has 0 saturated carbocycles. The zero-order valence-corrected chi connectivity index (χ0v) is 7.37. The monoisotopic (exact) mass is 160 g/mol. The van der Waals surface area contributed by atoms with Crippen LogP contribution in [0.1, 0.15) is 13.8 Å². The van der Waals surface area contributed by atoms with Gasteiger partial charge in [0.2, 0.25) is 0 Å². The Balaban J connectivity index is -0.00000000500. The topological polar surface area (TPSA) is 0 Å². The van der Waals surface area contributed by atoms with Gasteiger partial charge in [-0.2, -0.15) is 0 Å². The third kappa shape index (κ3) is 81.5. The van der Waals surface area contributed by atoms with Crippen molar-refractivity contribution >= 4 is 23.1 Å². The van der Waals surface area contributed by atoms with Gasteiger partial charge in [0, 0.05) is 0 Å². The average molecular weight is 161 g/mol. The third-order valence-corrected chi connectivity index (χ3v) is 0. The van der Waals surface area contributed by atoms with Crippen LogP contribution in [0.15, 0.2) is 6.58 Å². The summed E-state index contributed by atoms with van der Waals surface area (Å²) in [6.45, 7) is 11.0. The summed E-state index contributed by atoms with van der Waals surface area (Å²) in [5.41, 5.74) is 0. The van der Waals surface area contributed by atoms with E-state index in [1.807, 2.05) is 13.8 Å². The molecule has 2 heteroatoms. The van der Waals surface area contributed by atoms with Gasteiger partial charge in [0.1, 0.15) is 0 Å². The van der Waals surface area contributed by atoms with Crippen molar-refractivity contribution in [2.45, 2.75) is 13.8 Å². The van der Waals surface area contributed by atoms with E-state index in [4.69, 9.17) is 0 Å². The van der Waals surface area contributed by atoms with Crippen LogP contribution in [0.2, 0.25) is 0 Å². The van der Waals surface area contributed by atoms with E-state index < -0.39 is 0 Å². The van der Waals surface area contributed by atoms with Crippen molar-refractivity contribution in [2.24, 2.45) is 0 Å². The molecule has 0 spiro atoms. The maximum absolute atomic E-state index is 4.25. The van der Waals surface area contributed by atoms with Crippen molar-refractivity contribution in [3.63, 3.8) is 0 Å². The summed E-state index contributed by atoms with van der Waals surface area (Å²) in [5.74, 6) is 0. The summed E-state index contributed by atoms with van der Waals surface area (Å²) in [6, 6.07) is 0. The molecule has 0 heterocycles. The number of halogens is 1. The van der Waals surface area contributed by atoms with E-state index in [-0.39, 0.29) is 40.0 Å². The number of hydrogen-bond donors (Lipinski definition) is 0. The first-order valence-corrected chi connectivity index (χ1v) is 1.41. The van der Waals surface area contributed by atoms with Crippen LogP contribution in [0.3, 0.4) is 0 Å². The minimum Gasteiger partial charge on any atom is -1.00 e. The molecule has 0 unspecified atom stereocenters. The van der Waals surface area contributed by atoms with Crippen molar-refractivity contribution < 1.29 is 17.0 Å². The number of hydrogen-bond acceptors (Lipinski definition) is 0. The van der Waals surface area contributed by atoms with Crippen LogP contribution in [0.25, 0.3) is 0 Å². The van der Waals surface area contributed by atoms with Crippen molar-refractivity contribution in [1.82, 2.24) is 0 Å². The molecule has 0 bridgehead atoms. The first-order valence-electron chi connectivity index (χ1n) is 1.41. The smallest absolute Gasteiger partial charge is 1.00 e. The molecule has 0 aromatic heterocycles. The predicted octanol–water partition coefficient (Wildman–Crippen LogP) is -1.75. The fourth-order valence-corrected chi connectivity index (χ4v) is 0. The van der Waals surface area contributed by atoms with Crippen LogP contribution in [-0.2, 0) is 0 Å². The molecule has 0 fully saturated rings. The van der Waals surface area contributed by atoms with Crippen LogP contribution >= 0.6 is 0 Å². The normalized spacial score (nSPS) is 1.67.